The predicted octanol–water partition coefficient (Wildman–Crippen LogP) is 15.2. The Morgan fingerprint density at radius 1 is 0.612 bits per heavy atom. The van der Waals surface area contributed by atoms with Gasteiger partial charge in [-0.15, -0.1) is 0 Å². The number of hydrogen-bond acceptors (Lipinski definition) is 2. The van der Waals surface area contributed by atoms with Crippen LogP contribution in [0.25, 0.3) is 11.1 Å². The molecular weight excluding hydrogens is 663 g/mol. The van der Waals surface area contributed by atoms with Crippen molar-refractivity contribution >= 4 is 33.5 Å². The topological polar surface area (TPSA) is 24.7 Å². The predicted molar refractivity (Wildman–Crippen MR) is 218 cm³/mol. The summed E-state index contributed by atoms with van der Waals surface area (Å²) in [5, 5.41) is 0. The van der Waals surface area contributed by atoms with Crippen molar-refractivity contribution < 1.29 is 14.6 Å². The van der Waals surface area contributed by atoms with Crippen LogP contribution >= 0.6 is 10.2 Å². The standard InChI is InChI=1S/C44H64N2.CH3.ClH.Ni/c1-6-9-12-15-17-21-27-39-32-41(31-30-36(39)4)46-37(5)35-45-42-33-40(28-20-14-11-8-3)43(29-24-18-16-13-10-7-2)44(34-42)38-25-22-19-23-26-38;;;/h19,22-23,25-26,30-35H,6-18,20-21,24,27-29H2,1-5H3;1H3;1H;/q;-1;;+1/p-1. The van der Waals surface area contributed by atoms with Gasteiger partial charge in [0.15, 0.2) is 0 Å². The van der Waals surface area contributed by atoms with Crippen LogP contribution in [0.15, 0.2) is 70.6 Å². The number of hydrogen-bond donors (Lipinski definition) is 0. The Hall–Kier alpha value is -2.22. The van der Waals surface area contributed by atoms with Crippen LogP contribution in [-0.4, -0.2) is 11.9 Å². The first-order chi connectivity index (χ1) is 23.5. The summed E-state index contributed by atoms with van der Waals surface area (Å²) in [7, 11) is 4.26. The molecule has 0 unspecified atom stereocenters. The van der Waals surface area contributed by atoms with Gasteiger partial charge in [0.1, 0.15) is 0 Å². The number of aliphatic imine (C=N–C) groups is 2. The number of aryl methyl sites for hydroxylation is 3. The van der Waals surface area contributed by atoms with Crippen molar-refractivity contribution in [3.05, 3.63) is 90.3 Å². The van der Waals surface area contributed by atoms with Gasteiger partial charge < -0.3 is 7.43 Å². The molecule has 3 aromatic carbocycles. The normalized spacial score (nSPS) is 11.4. The Kier molecular flexibility index (Phi) is 26.0. The van der Waals surface area contributed by atoms with Gasteiger partial charge in [0.05, 0.1) is 17.1 Å². The van der Waals surface area contributed by atoms with E-state index in [1.54, 1.807) is 5.56 Å². The number of benzene rings is 3. The average Bonchev–Trinajstić information content (AvgIpc) is 3.11. The molecule has 3 aromatic rings. The number of unbranched alkanes of at least 4 members (excludes halogenated alkanes) is 13. The molecule has 0 N–H and O–H groups in total. The van der Waals surface area contributed by atoms with E-state index in [0.29, 0.717) is 0 Å². The molecule has 0 aliphatic heterocycles. The van der Waals surface area contributed by atoms with Crippen molar-refractivity contribution in [1.82, 2.24) is 0 Å². The second kappa shape index (κ2) is 28.5. The van der Waals surface area contributed by atoms with E-state index in [4.69, 9.17) is 9.98 Å². The fraction of sp³-hybridized carbons (Fsp3) is 0.533. The molecule has 0 radical (unpaired) electrons. The van der Waals surface area contributed by atoms with Crippen LogP contribution in [0, 0.1) is 14.4 Å². The van der Waals surface area contributed by atoms with Crippen LogP contribution in [0.5, 0.6) is 0 Å². The molecule has 2 nitrogen and oxygen atoms in total. The van der Waals surface area contributed by atoms with Crippen LogP contribution in [0.1, 0.15) is 153 Å². The van der Waals surface area contributed by atoms with E-state index in [2.05, 4.69) is 120 Å². The summed E-state index contributed by atoms with van der Waals surface area (Å²) in [5.74, 6) is 0. The molecule has 0 aliphatic carbocycles. The van der Waals surface area contributed by atoms with E-state index in [-0.39, 0.29) is 7.43 Å². The second-order valence-corrected chi connectivity index (χ2v) is 13.5. The van der Waals surface area contributed by atoms with Crippen LogP contribution in [-0.2, 0) is 33.8 Å². The molecule has 275 valence electrons. The van der Waals surface area contributed by atoms with Crippen molar-refractivity contribution in [2.24, 2.45) is 9.98 Å². The molecule has 0 saturated carbocycles. The SMILES string of the molecule is CCCCCCCCc1cc(N=C(C)C=Nc2cc(CCCCCC)c(CCCCCCCC)c(-c3ccccc3)c2)ccc1C.[CH3-].[Cl][Ni]. The van der Waals surface area contributed by atoms with Gasteiger partial charge in [-0.1, -0.05) is 141 Å². The van der Waals surface area contributed by atoms with Crippen LogP contribution in [0.2, 0.25) is 0 Å². The van der Waals surface area contributed by atoms with Crippen molar-refractivity contribution in [3.8, 4) is 11.1 Å². The fourth-order valence-corrected chi connectivity index (χ4v) is 6.50. The molecule has 0 amide bonds. The summed E-state index contributed by atoms with van der Waals surface area (Å²) < 4.78 is 0. The van der Waals surface area contributed by atoms with Gasteiger partial charge in [-0.25, -0.2) is 0 Å². The first-order valence-corrected chi connectivity index (χ1v) is 20.4. The minimum absolute atomic E-state index is 0. The van der Waals surface area contributed by atoms with Gasteiger partial charge in [0, 0.05) is 6.21 Å². The van der Waals surface area contributed by atoms with E-state index in [1.807, 2.05) is 6.21 Å². The van der Waals surface area contributed by atoms with Gasteiger partial charge in [-0.3, -0.25) is 9.98 Å². The molecule has 49 heavy (non-hydrogen) atoms. The van der Waals surface area contributed by atoms with Crippen LogP contribution in [0.3, 0.4) is 0 Å². The number of rotatable bonds is 23. The Bertz CT molecular complexity index is 1330. The molecule has 0 aliphatic rings. The fourth-order valence-electron chi connectivity index (χ4n) is 6.50. The molecule has 0 saturated heterocycles. The average molecular weight is 730 g/mol. The Balaban J connectivity index is 0.00000393. The third kappa shape index (κ3) is 18.0. The molecule has 0 fully saturated rings. The summed E-state index contributed by atoms with van der Waals surface area (Å²) >= 11 is 3.35. The van der Waals surface area contributed by atoms with E-state index in [9.17, 15) is 0 Å². The Labute approximate surface area is 314 Å². The maximum absolute atomic E-state index is 5.03. The summed E-state index contributed by atoms with van der Waals surface area (Å²) in [6.45, 7) is 11.2. The molecule has 0 spiro atoms. The first-order valence-electron chi connectivity index (χ1n) is 19.1. The molecule has 0 bridgehead atoms. The first kappa shape index (κ1) is 44.8. The number of halogens is 1. The molecule has 3 rings (SSSR count). The second-order valence-electron chi connectivity index (χ2n) is 13.5. The summed E-state index contributed by atoms with van der Waals surface area (Å²) in [5.41, 5.74) is 11.5. The molecule has 0 atom stereocenters. The third-order valence-electron chi connectivity index (χ3n) is 9.33. The molecule has 4 heteroatoms. The Morgan fingerprint density at radius 3 is 1.73 bits per heavy atom. The van der Waals surface area contributed by atoms with E-state index in [1.165, 1.54) is 131 Å². The van der Waals surface area contributed by atoms with E-state index in [0.717, 1.165) is 36.3 Å². The third-order valence-corrected chi connectivity index (χ3v) is 9.33. The quantitative estimate of drug-likeness (QED) is 0.0402. The zero-order chi connectivity index (χ0) is 34.8. The summed E-state index contributed by atoms with van der Waals surface area (Å²) in [4.78, 5) is 10.0. The van der Waals surface area contributed by atoms with Gasteiger partial charge in [0.2, 0.25) is 0 Å². The number of nitrogens with zero attached hydrogens (tertiary/aromatic N) is 2. The summed E-state index contributed by atoms with van der Waals surface area (Å²) in [6.07, 6.45) is 26.4. The van der Waals surface area contributed by atoms with Crippen molar-refractivity contribution in [2.45, 2.75) is 157 Å². The van der Waals surface area contributed by atoms with Crippen molar-refractivity contribution in [1.29, 1.82) is 0 Å². The summed E-state index contributed by atoms with van der Waals surface area (Å²) in [6, 6.07) is 22.4. The van der Waals surface area contributed by atoms with Crippen molar-refractivity contribution in [3.63, 3.8) is 0 Å². The zero-order valence-electron chi connectivity index (χ0n) is 31.9. The minimum atomic E-state index is 0. The molecule has 0 aromatic heterocycles. The van der Waals surface area contributed by atoms with Crippen molar-refractivity contribution in [2.75, 3.05) is 0 Å². The molecular formula is C45H67ClN2Ni-. The maximum atomic E-state index is 5.03. The van der Waals surface area contributed by atoms with Gasteiger partial charge >= 0.3 is 24.8 Å². The Morgan fingerprint density at radius 2 is 1.12 bits per heavy atom. The van der Waals surface area contributed by atoms with E-state index < -0.39 is 0 Å². The molecule has 0 heterocycles. The van der Waals surface area contributed by atoms with Gasteiger partial charge in [-0.05, 0) is 110 Å². The van der Waals surface area contributed by atoms with Crippen LogP contribution in [0.4, 0.5) is 11.4 Å². The zero-order valence-corrected chi connectivity index (χ0v) is 33.6. The van der Waals surface area contributed by atoms with Crippen LogP contribution < -0.4 is 0 Å². The van der Waals surface area contributed by atoms with E-state index >= 15 is 0 Å². The van der Waals surface area contributed by atoms with Gasteiger partial charge in [-0.2, -0.15) is 0 Å². The monoisotopic (exact) mass is 728 g/mol. The van der Waals surface area contributed by atoms with Gasteiger partial charge in [0.25, 0.3) is 0 Å².